The van der Waals surface area contributed by atoms with Gasteiger partial charge in [0.05, 0.1) is 12.0 Å². The largest absolute Gasteiger partial charge is 0.392 e. The van der Waals surface area contributed by atoms with Crippen molar-refractivity contribution in [3.63, 3.8) is 0 Å². The Hall–Kier alpha value is -1.48. The fourth-order valence-electron chi connectivity index (χ4n) is 2.32. The Kier molecular flexibility index (Phi) is 3.69. The van der Waals surface area contributed by atoms with E-state index in [1.54, 1.807) is 30.3 Å². The summed E-state index contributed by atoms with van der Waals surface area (Å²) in [6, 6.07) is 8.54. The summed E-state index contributed by atoms with van der Waals surface area (Å²) in [6.07, 6.45) is 2.45. The number of Topliss-reactive ketones (excluding diaryl/α,β-unsaturated/α-hetero) is 2. The Morgan fingerprint density at radius 3 is 2.35 bits per heavy atom. The van der Waals surface area contributed by atoms with Crippen LogP contribution < -0.4 is 0 Å². The first kappa shape index (κ1) is 12.0. The molecule has 3 nitrogen and oxygen atoms in total. The van der Waals surface area contributed by atoms with Gasteiger partial charge in [-0.15, -0.1) is 0 Å². The predicted octanol–water partition coefficient (Wildman–Crippen LogP) is 1.99. The second kappa shape index (κ2) is 5.23. The zero-order valence-corrected chi connectivity index (χ0v) is 9.63. The monoisotopic (exact) mass is 232 g/mol. The van der Waals surface area contributed by atoms with E-state index < -0.39 is 23.6 Å². The zero-order chi connectivity index (χ0) is 12.3. The van der Waals surface area contributed by atoms with E-state index in [0.717, 1.165) is 12.8 Å². The average molecular weight is 232 g/mol. The summed E-state index contributed by atoms with van der Waals surface area (Å²) in [5.74, 6) is -1.42. The Morgan fingerprint density at radius 2 is 1.71 bits per heavy atom. The number of aliphatic hydroxyl groups is 1. The van der Waals surface area contributed by atoms with Crippen LogP contribution in [0.3, 0.4) is 0 Å². The quantitative estimate of drug-likeness (QED) is 0.640. The lowest BCUT2D eigenvalue weighted by molar-refractivity contribution is -0.123. The van der Waals surface area contributed by atoms with E-state index in [4.69, 9.17) is 0 Å². The van der Waals surface area contributed by atoms with Crippen molar-refractivity contribution in [3.8, 4) is 0 Å². The van der Waals surface area contributed by atoms with Gasteiger partial charge in [0.15, 0.2) is 0 Å². The summed E-state index contributed by atoms with van der Waals surface area (Å²) in [4.78, 5) is 23.9. The Morgan fingerprint density at radius 1 is 1.06 bits per heavy atom. The molecule has 1 aromatic carbocycles. The standard InChI is InChI=1S/C14H16O3/c15-12-9-5-4-8-11(12)14(17)13(16)10-6-2-1-3-7-10/h1-3,6-7,11-12,15H,4-5,8-9H2. The van der Waals surface area contributed by atoms with Crippen LogP contribution in [-0.2, 0) is 4.79 Å². The van der Waals surface area contributed by atoms with Crippen LogP contribution in [0.5, 0.6) is 0 Å². The molecule has 3 heteroatoms. The minimum Gasteiger partial charge on any atom is -0.392 e. The summed E-state index contributed by atoms with van der Waals surface area (Å²) in [5.41, 5.74) is 0.412. The van der Waals surface area contributed by atoms with Gasteiger partial charge in [0.25, 0.3) is 0 Å². The maximum atomic E-state index is 12.0. The van der Waals surface area contributed by atoms with Gasteiger partial charge in [-0.3, -0.25) is 9.59 Å². The molecule has 0 aliphatic heterocycles. The number of carbonyl (C=O) groups is 2. The third-order valence-corrected chi connectivity index (χ3v) is 3.33. The molecule has 1 aromatic rings. The molecule has 0 heterocycles. The van der Waals surface area contributed by atoms with Crippen LogP contribution in [0, 0.1) is 5.92 Å². The molecule has 1 N–H and O–H groups in total. The molecule has 1 fully saturated rings. The van der Waals surface area contributed by atoms with Gasteiger partial charge in [-0.05, 0) is 12.8 Å². The lowest BCUT2D eigenvalue weighted by Crippen LogP contribution is -2.35. The first-order valence-electron chi connectivity index (χ1n) is 6.02. The van der Waals surface area contributed by atoms with Crippen LogP contribution in [0.1, 0.15) is 36.0 Å². The van der Waals surface area contributed by atoms with Gasteiger partial charge in [0.2, 0.25) is 11.6 Å². The first-order chi connectivity index (χ1) is 8.20. The molecule has 0 amide bonds. The van der Waals surface area contributed by atoms with Gasteiger partial charge in [0.1, 0.15) is 0 Å². The van der Waals surface area contributed by atoms with Crippen molar-refractivity contribution in [1.29, 1.82) is 0 Å². The summed E-state index contributed by atoms with van der Waals surface area (Å²) < 4.78 is 0. The third kappa shape index (κ3) is 2.61. The van der Waals surface area contributed by atoms with E-state index in [0.29, 0.717) is 18.4 Å². The van der Waals surface area contributed by atoms with Crippen LogP contribution >= 0.6 is 0 Å². The molecule has 0 radical (unpaired) electrons. The number of rotatable bonds is 3. The van der Waals surface area contributed by atoms with Gasteiger partial charge in [-0.1, -0.05) is 43.2 Å². The van der Waals surface area contributed by atoms with E-state index in [-0.39, 0.29) is 0 Å². The van der Waals surface area contributed by atoms with Crippen molar-refractivity contribution < 1.29 is 14.7 Å². The minimum atomic E-state index is -0.649. The highest BCUT2D eigenvalue weighted by Crippen LogP contribution is 2.26. The molecular formula is C14H16O3. The molecule has 2 rings (SSSR count). The van der Waals surface area contributed by atoms with Crippen LogP contribution in [0.4, 0.5) is 0 Å². The molecule has 0 bridgehead atoms. The highest BCUT2D eigenvalue weighted by atomic mass is 16.3. The second-order valence-electron chi connectivity index (χ2n) is 4.52. The van der Waals surface area contributed by atoms with Crippen LogP contribution in [0.15, 0.2) is 30.3 Å². The second-order valence-corrected chi connectivity index (χ2v) is 4.52. The molecular weight excluding hydrogens is 216 g/mol. The fraction of sp³-hybridized carbons (Fsp3) is 0.429. The van der Waals surface area contributed by atoms with E-state index in [1.165, 1.54) is 0 Å². The number of hydrogen-bond acceptors (Lipinski definition) is 3. The molecule has 90 valence electrons. The highest BCUT2D eigenvalue weighted by Gasteiger charge is 2.33. The third-order valence-electron chi connectivity index (χ3n) is 3.33. The van der Waals surface area contributed by atoms with Crippen molar-refractivity contribution in [3.05, 3.63) is 35.9 Å². The number of hydrogen-bond donors (Lipinski definition) is 1. The summed E-state index contributed by atoms with van der Waals surface area (Å²) in [7, 11) is 0. The molecule has 0 aromatic heterocycles. The first-order valence-corrected chi connectivity index (χ1v) is 6.02. The predicted molar refractivity (Wildman–Crippen MR) is 63.7 cm³/mol. The lowest BCUT2D eigenvalue weighted by Gasteiger charge is -2.25. The van der Waals surface area contributed by atoms with Crippen LogP contribution in [0.2, 0.25) is 0 Å². The topological polar surface area (TPSA) is 54.4 Å². The maximum absolute atomic E-state index is 12.0. The van der Waals surface area contributed by atoms with Gasteiger partial charge in [-0.2, -0.15) is 0 Å². The molecule has 17 heavy (non-hydrogen) atoms. The van der Waals surface area contributed by atoms with E-state index >= 15 is 0 Å². The van der Waals surface area contributed by atoms with Gasteiger partial charge in [0, 0.05) is 5.56 Å². The summed E-state index contributed by atoms with van der Waals surface area (Å²) in [5, 5.41) is 9.76. The van der Waals surface area contributed by atoms with Gasteiger partial charge < -0.3 is 5.11 Å². The summed E-state index contributed by atoms with van der Waals surface area (Å²) in [6.45, 7) is 0. The van der Waals surface area contributed by atoms with E-state index in [2.05, 4.69) is 0 Å². The molecule has 2 atom stereocenters. The van der Waals surface area contributed by atoms with Crippen molar-refractivity contribution in [2.24, 2.45) is 5.92 Å². The molecule has 1 aliphatic carbocycles. The lowest BCUT2D eigenvalue weighted by atomic mass is 9.81. The van der Waals surface area contributed by atoms with E-state index in [1.807, 2.05) is 0 Å². The normalized spacial score (nSPS) is 24.3. The molecule has 1 saturated carbocycles. The SMILES string of the molecule is O=C(C(=O)C1CCCCC1O)c1ccccc1. The number of benzene rings is 1. The van der Waals surface area contributed by atoms with Crippen molar-refractivity contribution >= 4 is 11.6 Å². The van der Waals surface area contributed by atoms with Crippen LogP contribution in [0.25, 0.3) is 0 Å². The summed E-state index contributed by atoms with van der Waals surface area (Å²) >= 11 is 0. The number of aliphatic hydroxyl groups excluding tert-OH is 1. The molecule has 0 saturated heterocycles. The minimum absolute atomic E-state index is 0.412. The van der Waals surface area contributed by atoms with Gasteiger partial charge in [-0.25, -0.2) is 0 Å². The Bertz CT molecular complexity index is 411. The highest BCUT2D eigenvalue weighted by molar-refractivity contribution is 6.44. The van der Waals surface area contributed by atoms with Crippen molar-refractivity contribution in [1.82, 2.24) is 0 Å². The van der Waals surface area contributed by atoms with Crippen molar-refractivity contribution in [2.45, 2.75) is 31.8 Å². The molecule has 2 unspecified atom stereocenters. The smallest absolute Gasteiger partial charge is 0.228 e. The Balaban J connectivity index is 2.12. The molecule has 1 aliphatic rings. The van der Waals surface area contributed by atoms with Crippen molar-refractivity contribution in [2.75, 3.05) is 0 Å². The molecule has 0 spiro atoms. The number of ketones is 2. The van der Waals surface area contributed by atoms with Crippen LogP contribution in [-0.4, -0.2) is 22.8 Å². The van der Waals surface area contributed by atoms with E-state index in [9.17, 15) is 14.7 Å². The Labute approximate surface area is 100 Å². The average Bonchev–Trinajstić information content (AvgIpc) is 2.39. The van der Waals surface area contributed by atoms with Gasteiger partial charge >= 0.3 is 0 Å². The number of carbonyl (C=O) groups excluding carboxylic acids is 2. The maximum Gasteiger partial charge on any atom is 0.228 e. The zero-order valence-electron chi connectivity index (χ0n) is 9.63. The fourth-order valence-corrected chi connectivity index (χ4v) is 2.32.